The van der Waals surface area contributed by atoms with Gasteiger partial charge in [-0.15, -0.1) is 0 Å². The number of aliphatic hydroxyl groups is 1. The summed E-state index contributed by atoms with van der Waals surface area (Å²) in [7, 11) is 0. The van der Waals surface area contributed by atoms with Crippen molar-refractivity contribution in [3.8, 4) is 0 Å². The lowest BCUT2D eigenvalue weighted by atomic mass is 10.00. The Hall–Kier alpha value is -1.38. The zero-order valence-electron chi connectivity index (χ0n) is 11.4. The normalized spacial score (nSPS) is 12.4. The van der Waals surface area contributed by atoms with Crippen LogP contribution >= 0.6 is 11.6 Å². The molecule has 0 aromatic heterocycles. The standard InChI is InChI=1S/C17H18ClFO/c1-12-4-2-5-13(10-12)8-9-15(20)11-14-6-3-7-16(18)17(14)19/h2-7,10,15,20H,8-9,11H2,1H3. The number of hydrogen-bond donors (Lipinski definition) is 1. The number of halogens is 2. The fourth-order valence-corrected chi connectivity index (χ4v) is 2.46. The summed E-state index contributed by atoms with van der Waals surface area (Å²) < 4.78 is 13.7. The molecule has 0 aliphatic rings. The molecular formula is C17H18ClFO. The summed E-state index contributed by atoms with van der Waals surface area (Å²) in [5.74, 6) is -0.427. The van der Waals surface area contributed by atoms with Crippen LogP contribution in [0.15, 0.2) is 42.5 Å². The van der Waals surface area contributed by atoms with Gasteiger partial charge in [-0.2, -0.15) is 0 Å². The zero-order chi connectivity index (χ0) is 14.5. The number of aryl methyl sites for hydroxylation is 2. The van der Waals surface area contributed by atoms with Crippen molar-refractivity contribution in [3.63, 3.8) is 0 Å². The van der Waals surface area contributed by atoms with Crippen LogP contribution in [0.5, 0.6) is 0 Å². The Morgan fingerprint density at radius 1 is 1.20 bits per heavy atom. The van der Waals surface area contributed by atoms with E-state index in [0.29, 0.717) is 12.0 Å². The summed E-state index contributed by atoms with van der Waals surface area (Å²) in [5.41, 5.74) is 2.86. The third-order valence-corrected chi connectivity index (χ3v) is 3.63. The van der Waals surface area contributed by atoms with Gasteiger partial charge in [-0.25, -0.2) is 4.39 Å². The van der Waals surface area contributed by atoms with Crippen LogP contribution in [-0.4, -0.2) is 11.2 Å². The molecule has 2 aromatic carbocycles. The van der Waals surface area contributed by atoms with Crippen LogP contribution in [0.2, 0.25) is 5.02 Å². The van der Waals surface area contributed by atoms with E-state index in [1.165, 1.54) is 17.2 Å². The first-order valence-corrected chi connectivity index (χ1v) is 7.10. The molecule has 0 aliphatic carbocycles. The molecule has 1 N–H and O–H groups in total. The van der Waals surface area contributed by atoms with Gasteiger partial charge in [0.25, 0.3) is 0 Å². The van der Waals surface area contributed by atoms with Crippen molar-refractivity contribution in [2.24, 2.45) is 0 Å². The molecule has 1 atom stereocenters. The molecule has 1 nitrogen and oxygen atoms in total. The second kappa shape index (κ2) is 6.87. The molecule has 0 aliphatic heterocycles. The largest absolute Gasteiger partial charge is 0.393 e. The van der Waals surface area contributed by atoms with Crippen molar-refractivity contribution in [1.29, 1.82) is 0 Å². The van der Waals surface area contributed by atoms with E-state index in [1.54, 1.807) is 12.1 Å². The van der Waals surface area contributed by atoms with E-state index in [9.17, 15) is 9.50 Å². The average molecular weight is 293 g/mol. The van der Waals surface area contributed by atoms with E-state index < -0.39 is 11.9 Å². The summed E-state index contributed by atoms with van der Waals surface area (Å²) in [6.45, 7) is 2.04. The van der Waals surface area contributed by atoms with Gasteiger partial charge in [-0.05, 0) is 37.0 Å². The Morgan fingerprint density at radius 3 is 2.70 bits per heavy atom. The maximum absolute atomic E-state index is 13.7. The van der Waals surface area contributed by atoms with Crippen molar-refractivity contribution in [3.05, 3.63) is 70.0 Å². The first-order chi connectivity index (χ1) is 9.56. The molecule has 0 saturated carbocycles. The molecule has 0 radical (unpaired) electrons. The van der Waals surface area contributed by atoms with Gasteiger partial charge in [0, 0.05) is 6.42 Å². The molecule has 2 rings (SSSR count). The summed E-state index contributed by atoms with van der Waals surface area (Å²) in [4.78, 5) is 0. The number of aliphatic hydroxyl groups excluding tert-OH is 1. The molecule has 0 spiro atoms. The molecule has 0 fully saturated rings. The molecular weight excluding hydrogens is 275 g/mol. The first-order valence-electron chi connectivity index (χ1n) is 6.73. The van der Waals surface area contributed by atoms with Crippen molar-refractivity contribution < 1.29 is 9.50 Å². The third-order valence-electron chi connectivity index (χ3n) is 3.34. The van der Waals surface area contributed by atoms with Crippen molar-refractivity contribution in [2.45, 2.75) is 32.3 Å². The molecule has 3 heteroatoms. The summed E-state index contributed by atoms with van der Waals surface area (Å²) >= 11 is 5.73. The predicted octanol–water partition coefficient (Wildman–Crippen LogP) is 4.32. The first kappa shape index (κ1) is 15.0. The van der Waals surface area contributed by atoms with E-state index in [-0.39, 0.29) is 11.4 Å². The van der Waals surface area contributed by atoms with Crippen LogP contribution in [0.25, 0.3) is 0 Å². The van der Waals surface area contributed by atoms with Gasteiger partial charge in [-0.3, -0.25) is 0 Å². The fraction of sp³-hybridized carbons (Fsp3) is 0.294. The molecule has 1 unspecified atom stereocenters. The quantitative estimate of drug-likeness (QED) is 0.870. The van der Waals surface area contributed by atoms with E-state index in [0.717, 1.165) is 6.42 Å². The maximum atomic E-state index is 13.7. The van der Waals surface area contributed by atoms with Gasteiger partial charge in [0.15, 0.2) is 0 Å². The van der Waals surface area contributed by atoms with Crippen molar-refractivity contribution >= 4 is 11.6 Å². The topological polar surface area (TPSA) is 20.2 Å². The number of rotatable bonds is 5. The molecule has 0 saturated heterocycles. The SMILES string of the molecule is Cc1cccc(CCC(O)Cc2cccc(Cl)c2F)c1. The maximum Gasteiger partial charge on any atom is 0.145 e. The number of benzene rings is 2. The zero-order valence-corrected chi connectivity index (χ0v) is 12.2. The smallest absolute Gasteiger partial charge is 0.145 e. The molecule has 0 heterocycles. The van der Waals surface area contributed by atoms with Gasteiger partial charge < -0.3 is 5.11 Å². The highest BCUT2D eigenvalue weighted by Crippen LogP contribution is 2.20. The molecule has 20 heavy (non-hydrogen) atoms. The van der Waals surface area contributed by atoms with Crippen LogP contribution in [0.3, 0.4) is 0 Å². The highest BCUT2D eigenvalue weighted by molar-refractivity contribution is 6.30. The summed E-state index contributed by atoms with van der Waals surface area (Å²) in [6.07, 6.45) is 1.11. The van der Waals surface area contributed by atoms with Crippen molar-refractivity contribution in [1.82, 2.24) is 0 Å². The Morgan fingerprint density at radius 2 is 1.95 bits per heavy atom. The highest BCUT2D eigenvalue weighted by Gasteiger charge is 2.11. The third kappa shape index (κ3) is 4.06. The average Bonchev–Trinajstić information content (AvgIpc) is 2.42. The Bertz CT molecular complexity index is 583. The Balaban J connectivity index is 1.92. The molecule has 0 bridgehead atoms. The molecule has 0 amide bonds. The Labute approximate surface area is 124 Å². The van der Waals surface area contributed by atoms with Crippen LogP contribution in [-0.2, 0) is 12.8 Å². The second-order valence-corrected chi connectivity index (χ2v) is 5.51. The summed E-state index contributed by atoms with van der Waals surface area (Å²) in [5, 5.41) is 10.1. The van der Waals surface area contributed by atoms with E-state index >= 15 is 0 Å². The van der Waals surface area contributed by atoms with Crippen molar-refractivity contribution in [2.75, 3.05) is 0 Å². The van der Waals surface area contributed by atoms with Gasteiger partial charge >= 0.3 is 0 Å². The Kier molecular flexibility index (Phi) is 5.16. The minimum Gasteiger partial charge on any atom is -0.393 e. The minimum absolute atomic E-state index is 0.105. The monoisotopic (exact) mass is 292 g/mol. The van der Waals surface area contributed by atoms with Gasteiger partial charge in [-0.1, -0.05) is 53.6 Å². The van der Waals surface area contributed by atoms with Gasteiger partial charge in [0.1, 0.15) is 5.82 Å². The second-order valence-electron chi connectivity index (χ2n) is 5.10. The van der Waals surface area contributed by atoms with Crippen LogP contribution in [0, 0.1) is 12.7 Å². The predicted molar refractivity (Wildman–Crippen MR) is 80.6 cm³/mol. The van der Waals surface area contributed by atoms with E-state index in [4.69, 9.17) is 11.6 Å². The summed E-state index contributed by atoms with van der Waals surface area (Å²) in [6, 6.07) is 13.1. The molecule has 106 valence electrons. The highest BCUT2D eigenvalue weighted by atomic mass is 35.5. The van der Waals surface area contributed by atoms with E-state index in [2.05, 4.69) is 6.07 Å². The van der Waals surface area contributed by atoms with Gasteiger partial charge in [0.2, 0.25) is 0 Å². The lowest BCUT2D eigenvalue weighted by molar-refractivity contribution is 0.164. The lowest BCUT2D eigenvalue weighted by Gasteiger charge is -2.12. The fourth-order valence-electron chi connectivity index (χ4n) is 2.26. The van der Waals surface area contributed by atoms with E-state index in [1.807, 2.05) is 25.1 Å². The molecule has 2 aromatic rings. The van der Waals surface area contributed by atoms with Gasteiger partial charge in [0.05, 0.1) is 11.1 Å². The number of hydrogen-bond acceptors (Lipinski definition) is 1. The van der Waals surface area contributed by atoms with Crippen LogP contribution in [0.4, 0.5) is 4.39 Å². The van der Waals surface area contributed by atoms with Crippen LogP contribution in [0.1, 0.15) is 23.1 Å². The minimum atomic E-state index is -0.566. The van der Waals surface area contributed by atoms with Crippen LogP contribution < -0.4 is 0 Å². The lowest BCUT2D eigenvalue weighted by Crippen LogP contribution is -2.12.